The summed E-state index contributed by atoms with van der Waals surface area (Å²) in [5, 5.41) is 16.4. The van der Waals surface area contributed by atoms with E-state index in [-0.39, 0.29) is 0 Å². The minimum atomic E-state index is -0.655. The highest BCUT2D eigenvalue weighted by Gasteiger charge is 2.05. The average Bonchev–Trinajstić information content (AvgIpc) is 2.01. The lowest BCUT2D eigenvalue weighted by atomic mass is 10.7. The Kier molecular flexibility index (Phi) is 4.24. The van der Waals surface area contributed by atoms with E-state index < -0.39 is 18.5 Å². The van der Waals surface area contributed by atoms with Crippen LogP contribution in [0, 0.1) is 5.39 Å². The van der Waals surface area contributed by atoms with E-state index in [2.05, 4.69) is 14.4 Å². The maximum Gasteiger partial charge on any atom is 0.429 e. The van der Waals surface area contributed by atoms with Gasteiger partial charge in [0.1, 0.15) is 0 Å². The molecule has 6 nitrogen and oxygen atoms in total. The van der Waals surface area contributed by atoms with Crippen molar-refractivity contribution in [1.82, 2.24) is 0 Å². The van der Waals surface area contributed by atoms with Crippen molar-refractivity contribution >= 4 is 5.97 Å². The van der Waals surface area contributed by atoms with Crippen LogP contribution in [0.25, 0.3) is 4.98 Å². The van der Waals surface area contributed by atoms with Gasteiger partial charge in [-0.05, 0) is 0 Å². The number of rotatable bonds is 3. The molecule has 0 saturated heterocycles. The van der Waals surface area contributed by atoms with Gasteiger partial charge in [0.25, 0.3) is 0 Å². The maximum absolute atomic E-state index is 10.3. The quantitative estimate of drug-likeness (QED) is 0.365. The molecule has 0 fully saturated rings. The summed E-state index contributed by atoms with van der Waals surface area (Å²) in [4.78, 5) is 12.8. The molecule has 6 heteroatoms. The van der Waals surface area contributed by atoms with E-state index >= 15 is 0 Å². The van der Waals surface area contributed by atoms with Crippen LogP contribution >= 0.6 is 0 Å². The summed E-state index contributed by atoms with van der Waals surface area (Å²) in [6.07, 6.45) is 0.642. The van der Waals surface area contributed by atoms with Crippen molar-refractivity contribution in [2.75, 3.05) is 13.7 Å². The number of hydrogen-bond acceptors (Lipinski definition) is 5. The minimum Gasteiger partial charge on any atom is -0.476 e. The molecule has 0 aliphatic heterocycles. The van der Waals surface area contributed by atoms with Gasteiger partial charge >= 0.3 is 18.1 Å². The van der Waals surface area contributed by atoms with Crippen LogP contribution in [0.3, 0.4) is 0 Å². The van der Waals surface area contributed by atoms with Gasteiger partial charge in [0.2, 0.25) is 5.39 Å². The van der Waals surface area contributed by atoms with Gasteiger partial charge in [-0.2, -0.15) is 0 Å². The Hall–Kier alpha value is -1.77. The van der Waals surface area contributed by atoms with Crippen LogP contribution in [0.2, 0.25) is 0 Å². The number of esters is 1. The first-order valence-corrected chi connectivity index (χ1v) is 2.63. The second kappa shape index (κ2) is 5.05. The van der Waals surface area contributed by atoms with Gasteiger partial charge in [-0.25, -0.2) is 4.79 Å². The first kappa shape index (κ1) is 9.23. The van der Waals surface area contributed by atoms with E-state index in [0.717, 1.165) is 0 Å². The number of aliphatic hydroxyl groups is 1. The third-order valence-electron chi connectivity index (χ3n) is 0.734. The molecule has 0 heterocycles. The van der Waals surface area contributed by atoms with Crippen molar-refractivity contribution < 1.29 is 19.4 Å². The number of carbonyl (C=O) groups excluding carboxylic acids is 1. The molecule has 0 rings (SSSR count). The Bertz CT molecular complexity index is 205. The Balaban J connectivity index is 3.64. The molecule has 0 bridgehead atoms. The summed E-state index contributed by atoms with van der Waals surface area (Å²) in [5.41, 5.74) is 0. The van der Waals surface area contributed by atoms with E-state index in [0.29, 0.717) is 6.20 Å². The zero-order chi connectivity index (χ0) is 8.69. The highest BCUT2D eigenvalue weighted by molar-refractivity contribution is 5.70. The van der Waals surface area contributed by atoms with Gasteiger partial charge in [0.05, 0.1) is 7.11 Å². The number of ether oxygens (including phenoxy) is 2. The molecule has 11 heavy (non-hydrogen) atoms. The van der Waals surface area contributed by atoms with Gasteiger partial charge in [-0.15, -0.1) is 0 Å². The molecule has 0 aromatic rings. The zero-order valence-corrected chi connectivity index (χ0v) is 5.85. The SMILES string of the molecule is COC(=O)CO/C(O)=C/[N+]#N. The molecule has 0 aromatic heterocycles. The zero-order valence-electron chi connectivity index (χ0n) is 5.85. The third kappa shape index (κ3) is 4.72. The van der Waals surface area contributed by atoms with Crippen LogP contribution in [0.4, 0.5) is 0 Å². The summed E-state index contributed by atoms with van der Waals surface area (Å²) in [6, 6.07) is 0. The Labute approximate surface area is 62.7 Å². The molecule has 0 aliphatic carbocycles. The number of aliphatic hydroxyl groups excluding tert-OH is 1. The largest absolute Gasteiger partial charge is 0.476 e. The van der Waals surface area contributed by atoms with E-state index in [1.54, 1.807) is 0 Å². The fourth-order valence-electron chi connectivity index (χ4n) is 0.278. The van der Waals surface area contributed by atoms with E-state index in [1.165, 1.54) is 7.11 Å². The van der Waals surface area contributed by atoms with E-state index in [4.69, 9.17) is 10.5 Å². The fraction of sp³-hybridized carbons (Fsp3) is 0.400. The van der Waals surface area contributed by atoms with Crippen molar-refractivity contribution in [3.05, 3.63) is 17.1 Å². The van der Waals surface area contributed by atoms with E-state index in [1.807, 2.05) is 0 Å². The summed E-state index contributed by atoms with van der Waals surface area (Å²) in [6.45, 7) is -0.422. The Morgan fingerprint density at radius 2 is 2.45 bits per heavy atom. The molecule has 0 aromatic carbocycles. The highest BCUT2D eigenvalue weighted by Crippen LogP contribution is 1.91. The van der Waals surface area contributed by atoms with Gasteiger partial charge in [-0.3, -0.25) is 0 Å². The lowest BCUT2D eigenvalue weighted by Crippen LogP contribution is -2.09. The van der Waals surface area contributed by atoms with Gasteiger partial charge in [0.15, 0.2) is 11.6 Å². The van der Waals surface area contributed by atoms with Gasteiger partial charge in [0, 0.05) is 0 Å². The van der Waals surface area contributed by atoms with Gasteiger partial charge < -0.3 is 14.6 Å². The Morgan fingerprint density at radius 1 is 1.82 bits per heavy atom. The second-order valence-corrected chi connectivity index (χ2v) is 1.45. The maximum atomic E-state index is 10.3. The summed E-state index contributed by atoms with van der Waals surface area (Å²) < 4.78 is 8.51. The van der Waals surface area contributed by atoms with Crippen LogP contribution in [-0.4, -0.2) is 24.8 Å². The number of carbonyl (C=O) groups is 1. The predicted molar refractivity (Wildman–Crippen MR) is 33.8 cm³/mol. The normalized spacial score (nSPS) is 10.0. The molecule has 0 spiro atoms. The van der Waals surface area contributed by atoms with Crippen LogP contribution in [0.1, 0.15) is 0 Å². The van der Waals surface area contributed by atoms with Crippen LogP contribution in [-0.2, 0) is 14.3 Å². The summed E-state index contributed by atoms with van der Waals surface area (Å²) in [5.74, 6) is -1.29. The van der Waals surface area contributed by atoms with Crippen LogP contribution in [0.15, 0.2) is 12.1 Å². The second-order valence-electron chi connectivity index (χ2n) is 1.45. The first-order valence-electron chi connectivity index (χ1n) is 2.63. The minimum absolute atomic E-state index is 0.422. The predicted octanol–water partition coefficient (Wildman–Crippen LogP) is 0.386. The monoisotopic (exact) mass is 159 g/mol. The van der Waals surface area contributed by atoms with Crippen molar-refractivity contribution in [1.29, 1.82) is 5.39 Å². The number of nitrogens with zero attached hydrogens (tertiary/aromatic N) is 2. The molecule has 0 radical (unpaired) electrons. The molecular weight excluding hydrogens is 152 g/mol. The smallest absolute Gasteiger partial charge is 0.429 e. The molecular formula is C5H7N2O4+. The summed E-state index contributed by atoms with van der Waals surface area (Å²) in [7, 11) is 1.18. The Morgan fingerprint density at radius 3 is 2.91 bits per heavy atom. The molecule has 0 amide bonds. The molecule has 0 unspecified atom stereocenters. The highest BCUT2D eigenvalue weighted by atomic mass is 16.6. The van der Waals surface area contributed by atoms with Crippen LogP contribution in [0.5, 0.6) is 0 Å². The lowest BCUT2D eigenvalue weighted by Gasteiger charge is -1.98. The third-order valence-corrected chi connectivity index (χ3v) is 0.734. The lowest BCUT2D eigenvalue weighted by molar-refractivity contribution is -0.145. The average molecular weight is 159 g/mol. The number of methoxy groups -OCH3 is 1. The molecule has 1 N–H and O–H groups in total. The van der Waals surface area contributed by atoms with Crippen molar-refractivity contribution in [2.45, 2.75) is 0 Å². The standard InChI is InChI=1S/C5H6N2O4/c1-10-5(9)3-11-4(8)2-7-6/h2H,3H2,1H3/p+1/b4-2+. The van der Waals surface area contributed by atoms with Crippen LogP contribution < -0.4 is 0 Å². The molecule has 0 aliphatic rings. The fourth-order valence-corrected chi connectivity index (χ4v) is 0.278. The summed E-state index contributed by atoms with van der Waals surface area (Å²) >= 11 is 0. The molecule has 0 saturated carbocycles. The molecule has 60 valence electrons. The first-order chi connectivity index (χ1) is 5.20. The van der Waals surface area contributed by atoms with Crippen molar-refractivity contribution in [3.63, 3.8) is 0 Å². The van der Waals surface area contributed by atoms with Crippen molar-refractivity contribution in [3.8, 4) is 0 Å². The van der Waals surface area contributed by atoms with E-state index in [9.17, 15) is 4.79 Å². The van der Waals surface area contributed by atoms with Gasteiger partial charge in [-0.1, -0.05) is 0 Å². The van der Waals surface area contributed by atoms with Crippen molar-refractivity contribution in [2.24, 2.45) is 0 Å². The number of diazo groups is 1. The number of hydrogen-bond donors (Lipinski definition) is 1. The molecule has 0 atom stereocenters. The topological polar surface area (TPSA) is 83.9 Å².